The van der Waals surface area contributed by atoms with Crippen molar-refractivity contribution < 1.29 is 4.79 Å². The Morgan fingerprint density at radius 2 is 2.12 bits per heavy atom. The Morgan fingerprint density at radius 1 is 1.41 bits per heavy atom. The van der Waals surface area contributed by atoms with Crippen LogP contribution < -0.4 is 0 Å². The van der Waals surface area contributed by atoms with Gasteiger partial charge in [-0.05, 0) is 21.1 Å². The van der Waals surface area contributed by atoms with Crippen LogP contribution in [0.15, 0.2) is 12.2 Å². The van der Waals surface area contributed by atoms with E-state index in [0.717, 1.165) is 32.7 Å². The van der Waals surface area contributed by atoms with Crippen LogP contribution in [0.4, 0.5) is 0 Å². The lowest BCUT2D eigenvalue weighted by atomic mass is 10.3. The summed E-state index contributed by atoms with van der Waals surface area (Å²) in [5.41, 5.74) is 0. The van der Waals surface area contributed by atoms with Crippen molar-refractivity contribution in [2.24, 2.45) is 0 Å². The molecule has 1 atom stereocenters. The number of hydrogen-bond acceptors (Lipinski definition) is 4. The van der Waals surface area contributed by atoms with Crippen molar-refractivity contribution in [3.05, 3.63) is 12.2 Å². The van der Waals surface area contributed by atoms with E-state index in [1.165, 1.54) is 0 Å². The quantitative estimate of drug-likeness (QED) is 0.577. The first kappa shape index (κ1) is 14.5. The summed E-state index contributed by atoms with van der Waals surface area (Å²) in [6.45, 7) is 4.18. The molecule has 0 aromatic carbocycles. The predicted octanol–water partition coefficient (Wildman–Crippen LogP) is 0.177. The Morgan fingerprint density at radius 3 is 2.76 bits per heavy atom. The molecule has 0 saturated carbocycles. The highest BCUT2D eigenvalue weighted by molar-refractivity contribution is 7.81. The summed E-state index contributed by atoms with van der Waals surface area (Å²) >= 11 is 4.50. The van der Waals surface area contributed by atoms with Crippen molar-refractivity contribution in [1.29, 1.82) is 0 Å². The van der Waals surface area contributed by atoms with Gasteiger partial charge < -0.3 is 14.7 Å². The molecular weight excluding hydrogens is 234 g/mol. The van der Waals surface area contributed by atoms with Crippen LogP contribution in [-0.2, 0) is 4.79 Å². The van der Waals surface area contributed by atoms with E-state index in [1.54, 1.807) is 6.08 Å². The fraction of sp³-hybridized carbons (Fsp3) is 0.750. The van der Waals surface area contributed by atoms with Gasteiger partial charge >= 0.3 is 0 Å². The maximum Gasteiger partial charge on any atom is 0.246 e. The lowest BCUT2D eigenvalue weighted by Crippen LogP contribution is -2.35. The fourth-order valence-electron chi connectivity index (χ4n) is 1.82. The van der Waals surface area contributed by atoms with Crippen LogP contribution in [0, 0.1) is 0 Å². The van der Waals surface area contributed by atoms with E-state index in [0.29, 0.717) is 0 Å². The van der Waals surface area contributed by atoms with E-state index in [-0.39, 0.29) is 11.2 Å². The number of carbonyl (C=O) groups is 1. The van der Waals surface area contributed by atoms with Crippen LogP contribution in [0.5, 0.6) is 0 Å². The second-order valence-corrected chi connectivity index (χ2v) is 5.60. The van der Waals surface area contributed by atoms with Gasteiger partial charge in [-0.3, -0.25) is 4.79 Å². The molecule has 5 heteroatoms. The molecule has 1 aliphatic heterocycles. The Kier molecular flexibility index (Phi) is 6.02. The fourth-order valence-corrected chi connectivity index (χ4v) is 2.29. The second-order valence-electron chi connectivity index (χ2n) is 4.86. The van der Waals surface area contributed by atoms with Crippen molar-refractivity contribution in [2.45, 2.75) is 5.25 Å². The van der Waals surface area contributed by atoms with Gasteiger partial charge in [0, 0.05) is 44.0 Å². The average molecular weight is 257 g/mol. The van der Waals surface area contributed by atoms with Gasteiger partial charge in [-0.25, -0.2) is 0 Å². The first-order valence-electron chi connectivity index (χ1n) is 5.96. The standard InChI is InChI=1S/C12H23N3OS/c1-13(2)6-4-5-12(16)15-8-7-14(3)9-11(17)10-15/h4-5,11,17H,6-10H2,1-3H3/b5-4+. The van der Waals surface area contributed by atoms with Gasteiger partial charge in [0.15, 0.2) is 0 Å². The molecule has 1 amide bonds. The lowest BCUT2D eigenvalue weighted by molar-refractivity contribution is -0.125. The molecule has 98 valence electrons. The average Bonchev–Trinajstić information content (AvgIpc) is 2.38. The van der Waals surface area contributed by atoms with E-state index in [1.807, 2.05) is 30.0 Å². The van der Waals surface area contributed by atoms with Gasteiger partial charge in [0.2, 0.25) is 5.91 Å². The third-order valence-electron chi connectivity index (χ3n) is 2.75. The smallest absolute Gasteiger partial charge is 0.246 e. The molecule has 1 unspecified atom stereocenters. The van der Waals surface area contributed by atoms with Crippen LogP contribution in [0.3, 0.4) is 0 Å². The normalized spacial score (nSPS) is 23.4. The maximum atomic E-state index is 12.0. The van der Waals surface area contributed by atoms with Gasteiger partial charge in [0.25, 0.3) is 0 Å². The maximum absolute atomic E-state index is 12.0. The minimum Gasteiger partial charge on any atom is -0.337 e. The highest BCUT2D eigenvalue weighted by atomic mass is 32.1. The molecule has 0 spiro atoms. The van der Waals surface area contributed by atoms with E-state index in [9.17, 15) is 4.79 Å². The van der Waals surface area contributed by atoms with E-state index in [4.69, 9.17) is 0 Å². The minimum atomic E-state index is 0.0983. The number of hydrogen-bond donors (Lipinski definition) is 1. The third kappa shape index (κ3) is 5.57. The zero-order valence-corrected chi connectivity index (χ0v) is 11.9. The van der Waals surface area contributed by atoms with Crippen LogP contribution in [0.25, 0.3) is 0 Å². The molecule has 0 aromatic heterocycles. The zero-order chi connectivity index (χ0) is 12.8. The molecule has 1 heterocycles. The van der Waals surface area contributed by atoms with E-state index in [2.05, 4.69) is 24.6 Å². The van der Waals surface area contributed by atoms with E-state index >= 15 is 0 Å². The SMILES string of the molecule is CN(C)C/C=C/C(=O)N1CCN(C)CC(S)C1. The summed E-state index contributed by atoms with van der Waals surface area (Å²) in [7, 11) is 6.04. The molecule has 0 bridgehead atoms. The summed E-state index contributed by atoms with van der Waals surface area (Å²) in [5, 5.41) is 0.244. The third-order valence-corrected chi connectivity index (χ3v) is 3.07. The Labute approximate surface area is 110 Å². The number of amides is 1. The second kappa shape index (κ2) is 7.03. The highest BCUT2D eigenvalue weighted by Gasteiger charge is 2.20. The monoisotopic (exact) mass is 257 g/mol. The molecule has 0 radical (unpaired) electrons. The predicted molar refractivity (Wildman–Crippen MR) is 74.5 cm³/mol. The summed E-state index contributed by atoms with van der Waals surface area (Å²) in [5.74, 6) is 0.0983. The number of nitrogens with zero attached hydrogens (tertiary/aromatic N) is 3. The summed E-state index contributed by atoms with van der Waals surface area (Å²) in [6, 6.07) is 0. The summed E-state index contributed by atoms with van der Waals surface area (Å²) < 4.78 is 0. The van der Waals surface area contributed by atoms with Crippen molar-refractivity contribution >= 4 is 18.5 Å². The molecule has 0 N–H and O–H groups in total. The van der Waals surface area contributed by atoms with Gasteiger partial charge in [-0.1, -0.05) is 6.08 Å². The molecule has 1 fully saturated rings. The van der Waals surface area contributed by atoms with Gasteiger partial charge in [-0.15, -0.1) is 0 Å². The van der Waals surface area contributed by atoms with Crippen LogP contribution >= 0.6 is 12.6 Å². The topological polar surface area (TPSA) is 26.8 Å². The van der Waals surface area contributed by atoms with Crippen LogP contribution in [0.1, 0.15) is 0 Å². The zero-order valence-electron chi connectivity index (χ0n) is 11.0. The largest absolute Gasteiger partial charge is 0.337 e. The first-order valence-corrected chi connectivity index (χ1v) is 6.47. The lowest BCUT2D eigenvalue weighted by Gasteiger charge is -2.20. The summed E-state index contributed by atoms with van der Waals surface area (Å²) in [4.78, 5) is 18.1. The molecule has 0 aliphatic carbocycles. The van der Waals surface area contributed by atoms with E-state index < -0.39 is 0 Å². The molecule has 4 nitrogen and oxygen atoms in total. The number of rotatable bonds is 3. The molecule has 1 aliphatic rings. The minimum absolute atomic E-state index is 0.0983. The molecule has 0 aromatic rings. The van der Waals surface area contributed by atoms with Crippen molar-refractivity contribution in [2.75, 3.05) is 53.9 Å². The van der Waals surface area contributed by atoms with Gasteiger partial charge in [0.1, 0.15) is 0 Å². The molecule has 1 saturated heterocycles. The number of carbonyl (C=O) groups excluding carboxylic acids is 1. The van der Waals surface area contributed by atoms with Crippen LogP contribution in [0.2, 0.25) is 0 Å². The van der Waals surface area contributed by atoms with Crippen molar-refractivity contribution in [3.63, 3.8) is 0 Å². The summed E-state index contributed by atoms with van der Waals surface area (Å²) in [6.07, 6.45) is 3.58. The van der Waals surface area contributed by atoms with Crippen LogP contribution in [-0.4, -0.2) is 79.7 Å². The Hall–Kier alpha value is -0.520. The molecular formula is C12H23N3OS. The van der Waals surface area contributed by atoms with Crippen molar-refractivity contribution in [3.8, 4) is 0 Å². The van der Waals surface area contributed by atoms with Gasteiger partial charge in [-0.2, -0.15) is 12.6 Å². The molecule has 17 heavy (non-hydrogen) atoms. The Bertz CT molecular complexity index is 281. The highest BCUT2D eigenvalue weighted by Crippen LogP contribution is 2.07. The number of thiol groups is 1. The van der Waals surface area contributed by atoms with Gasteiger partial charge in [0.05, 0.1) is 0 Å². The molecule has 1 rings (SSSR count). The van der Waals surface area contributed by atoms with Crippen molar-refractivity contribution in [1.82, 2.24) is 14.7 Å². The Balaban J connectivity index is 2.47. The first-order chi connectivity index (χ1) is 7.99. The number of likely N-dealkylation sites (N-methyl/N-ethyl adjacent to an activating group) is 2.